The Morgan fingerprint density at radius 2 is 1.92 bits per heavy atom. The van der Waals surface area contributed by atoms with Crippen LogP contribution >= 0.6 is 11.6 Å². The van der Waals surface area contributed by atoms with E-state index in [9.17, 15) is 14.0 Å². The van der Waals surface area contributed by atoms with Crippen LogP contribution in [0.3, 0.4) is 0 Å². The molecule has 1 saturated heterocycles. The third kappa shape index (κ3) is 6.54. The second-order valence-electron chi connectivity index (χ2n) is 9.34. The topological polar surface area (TPSA) is 96.5 Å². The predicted octanol–water partition coefficient (Wildman–Crippen LogP) is 4.60. The number of hydrogen-bond acceptors (Lipinski definition) is 6. The van der Waals surface area contributed by atoms with Gasteiger partial charge in [-0.15, -0.1) is 0 Å². The highest BCUT2D eigenvalue weighted by molar-refractivity contribution is 6.33. The van der Waals surface area contributed by atoms with Gasteiger partial charge in [0.2, 0.25) is 5.91 Å². The Labute approximate surface area is 219 Å². The van der Waals surface area contributed by atoms with Gasteiger partial charge in [-0.25, -0.2) is 14.4 Å². The van der Waals surface area contributed by atoms with E-state index >= 15 is 0 Å². The standard InChI is InChI=1S/C27H27ClFN5O3/c28-23-13-22(37-16-17-3-7-20(29)8-4-17)14-31-25(23)34-11-1-2-21(15-34)32-27(36)19-9-10-30-24(12-19)33-26(35)18-5-6-18/h3-4,7-10,12-14,18,21H,1-2,5-6,11,15-16H2,(H,32,36)(H,30,33,35). The van der Waals surface area contributed by atoms with Crippen LogP contribution in [0.4, 0.5) is 16.0 Å². The molecule has 192 valence electrons. The Bertz CT molecular complexity index is 1290. The molecule has 5 rings (SSSR count). The van der Waals surface area contributed by atoms with Crippen molar-refractivity contribution >= 4 is 35.1 Å². The highest BCUT2D eigenvalue weighted by atomic mass is 35.5. The molecular formula is C27H27ClFN5O3. The zero-order chi connectivity index (χ0) is 25.8. The van der Waals surface area contributed by atoms with E-state index in [0.717, 1.165) is 37.8 Å². The van der Waals surface area contributed by atoms with Gasteiger partial charge in [0.25, 0.3) is 5.91 Å². The van der Waals surface area contributed by atoms with Crippen LogP contribution in [0.2, 0.25) is 5.02 Å². The maximum atomic E-state index is 13.1. The van der Waals surface area contributed by atoms with Crippen LogP contribution < -0.4 is 20.3 Å². The number of nitrogens with zero attached hydrogens (tertiary/aromatic N) is 3. The summed E-state index contributed by atoms with van der Waals surface area (Å²) in [6.45, 7) is 1.60. The average molecular weight is 524 g/mol. The summed E-state index contributed by atoms with van der Waals surface area (Å²) in [6.07, 6.45) is 6.62. The number of ether oxygens (including phenoxy) is 1. The summed E-state index contributed by atoms with van der Waals surface area (Å²) < 4.78 is 18.8. The maximum absolute atomic E-state index is 13.1. The Hall–Kier alpha value is -3.72. The van der Waals surface area contributed by atoms with E-state index in [0.29, 0.717) is 34.5 Å². The lowest BCUT2D eigenvalue weighted by molar-refractivity contribution is -0.117. The zero-order valence-corrected chi connectivity index (χ0v) is 20.9. The fraction of sp³-hybridized carbons (Fsp3) is 0.333. The average Bonchev–Trinajstić information content (AvgIpc) is 3.75. The highest BCUT2D eigenvalue weighted by Gasteiger charge is 2.30. The summed E-state index contributed by atoms with van der Waals surface area (Å²) in [6, 6.07) is 11.0. The molecule has 1 atom stereocenters. The first kappa shape index (κ1) is 25.0. The predicted molar refractivity (Wildman–Crippen MR) is 138 cm³/mol. The van der Waals surface area contributed by atoms with Crippen molar-refractivity contribution in [2.75, 3.05) is 23.3 Å². The highest BCUT2D eigenvalue weighted by Crippen LogP contribution is 2.31. The lowest BCUT2D eigenvalue weighted by Gasteiger charge is -2.34. The molecule has 8 nitrogen and oxygen atoms in total. The maximum Gasteiger partial charge on any atom is 0.251 e. The van der Waals surface area contributed by atoms with Crippen LogP contribution in [0.15, 0.2) is 54.9 Å². The minimum absolute atomic E-state index is 0.0516. The third-order valence-corrected chi connectivity index (χ3v) is 6.67. The van der Waals surface area contributed by atoms with Crippen LogP contribution in [0.5, 0.6) is 5.75 Å². The van der Waals surface area contributed by atoms with Crippen molar-refractivity contribution in [2.45, 2.75) is 38.3 Å². The summed E-state index contributed by atoms with van der Waals surface area (Å²) in [5.74, 6) is 1.02. The Kier molecular flexibility index (Phi) is 7.50. The molecule has 1 aliphatic carbocycles. The number of rotatable bonds is 8. The van der Waals surface area contributed by atoms with Gasteiger partial charge in [0.1, 0.15) is 29.8 Å². The molecule has 0 spiro atoms. The number of piperidine rings is 1. The Balaban J connectivity index is 1.17. The van der Waals surface area contributed by atoms with Crippen molar-refractivity contribution in [3.05, 3.63) is 76.8 Å². The smallest absolute Gasteiger partial charge is 0.251 e. The van der Waals surface area contributed by atoms with Gasteiger partial charge in [-0.3, -0.25) is 9.59 Å². The van der Waals surface area contributed by atoms with E-state index in [1.807, 2.05) is 4.90 Å². The van der Waals surface area contributed by atoms with Gasteiger partial charge in [-0.05, 0) is 55.5 Å². The van der Waals surface area contributed by atoms with Gasteiger partial charge >= 0.3 is 0 Å². The summed E-state index contributed by atoms with van der Waals surface area (Å²) in [5.41, 5.74) is 1.28. The van der Waals surface area contributed by atoms with Crippen molar-refractivity contribution in [1.29, 1.82) is 0 Å². The molecule has 3 heterocycles. The number of hydrogen-bond donors (Lipinski definition) is 2. The van der Waals surface area contributed by atoms with Crippen molar-refractivity contribution in [1.82, 2.24) is 15.3 Å². The Morgan fingerprint density at radius 3 is 2.68 bits per heavy atom. The monoisotopic (exact) mass is 523 g/mol. The fourth-order valence-corrected chi connectivity index (χ4v) is 4.52. The van der Waals surface area contributed by atoms with Crippen molar-refractivity contribution in [3.63, 3.8) is 0 Å². The number of amides is 2. The van der Waals surface area contributed by atoms with Gasteiger partial charge in [-0.1, -0.05) is 23.7 Å². The normalized spacial score (nSPS) is 17.2. The molecule has 0 radical (unpaired) electrons. The van der Waals surface area contributed by atoms with Crippen LogP contribution in [0, 0.1) is 11.7 Å². The molecule has 10 heteroatoms. The molecule has 1 saturated carbocycles. The summed E-state index contributed by atoms with van der Waals surface area (Å²) in [7, 11) is 0. The molecular weight excluding hydrogens is 497 g/mol. The number of pyridine rings is 2. The number of carbonyl (C=O) groups excluding carboxylic acids is 2. The number of carbonyl (C=O) groups is 2. The molecule has 2 aromatic heterocycles. The quantitative estimate of drug-likeness (QED) is 0.448. The SMILES string of the molecule is O=C(NC1CCCN(c2ncc(OCc3ccc(F)cc3)cc2Cl)C1)c1ccnc(NC(=O)C2CC2)c1. The molecule has 1 aromatic carbocycles. The van der Waals surface area contributed by atoms with Gasteiger partial charge in [0.15, 0.2) is 0 Å². The van der Waals surface area contributed by atoms with Crippen molar-refractivity contribution in [3.8, 4) is 5.75 Å². The molecule has 0 bridgehead atoms. The largest absolute Gasteiger partial charge is 0.487 e. The first-order valence-electron chi connectivity index (χ1n) is 12.3. The molecule has 2 aliphatic rings. The molecule has 2 N–H and O–H groups in total. The summed E-state index contributed by atoms with van der Waals surface area (Å²) in [5, 5.41) is 6.31. The van der Waals surface area contributed by atoms with E-state index in [4.69, 9.17) is 16.3 Å². The minimum Gasteiger partial charge on any atom is -0.487 e. The first-order valence-corrected chi connectivity index (χ1v) is 12.7. The Morgan fingerprint density at radius 1 is 1.11 bits per heavy atom. The van der Waals surface area contributed by atoms with Gasteiger partial charge < -0.3 is 20.3 Å². The fourth-order valence-electron chi connectivity index (χ4n) is 4.24. The molecule has 1 aliphatic heterocycles. The molecule has 37 heavy (non-hydrogen) atoms. The first-order chi connectivity index (χ1) is 17.9. The number of anilines is 2. The third-order valence-electron chi connectivity index (χ3n) is 6.39. The van der Waals surface area contributed by atoms with E-state index in [1.165, 1.54) is 18.3 Å². The van der Waals surface area contributed by atoms with Gasteiger partial charge in [0, 0.05) is 42.9 Å². The van der Waals surface area contributed by atoms with Crippen molar-refractivity contribution < 1.29 is 18.7 Å². The van der Waals surface area contributed by atoms with Crippen LogP contribution in [0.25, 0.3) is 0 Å². The lowest BCUT2D eigenvalue weighted by Crippen LogP contribution is -2.48. The molecule has 3 aromatic rings. The minimum atomic E-state index is -0.295. The second kappa shape index (κ2) is 11.1. The summed E-state index contributed by atoms with van der Waals surface area (Å²) in [4.78, 5) is 35.6. The number of aromatic nitrogens is 2. The lowest BCUT2D eigenvalue weighted by atomic mass is 10.0. The number of benzene rings is 1. The second-order valence-corrected chi connectivity index (χ2v) is 9.75. The van der Waals surface area contributed by atoms with Gasteiger partial charge in [0.05, 0.1) is 11.2 Å². The van der Waals surface area contributed by atoms with E-state index < -0.39 is 0 Å². The van der Waals surface area contributed by atoms with E-state index in [-0.39, 0.29) is 36.2 Å². The number of nitrogens with one attached hydrogen (secondary N) is 2. The van der Waals surface area contributed by atoms with Crippen LogP contribution in [-0.4, -0.2) is 40.9 Å². The molecule has 2 fully saturated rings. The van der Waals surface area contributed by atoms with Crippen molar-refractivity contribution in [2.24, 2.45) is 5.92 Å². The van der Waals surface area contributed by atoms with Crippen LogP contribution in [-0.2, 0) is 11.4 Å². The zero-order valence-electron chi connectivity index (χ0n) is 20.1. The number of halogens is 2. The van der Waals surface area contributed by atoms with Crippen LogP contribution in [0.1, 0.15) is 41.6 Å². The summed E-state index contributed by atoms with van der Waals surface area (Å²) >= 11 is 6.54. The van der Waals surface area contributed by atoms with Gasteiger partial charge in [-0.2, -0.15) is 0 Å². The van der Waals surface area contributed by atoms with E-state index in [1.54, 1.807) is 36.5 Å². The van der Waals surface area contributed by atoms with E-state index in [2.05, 4.69) is 20.6 Å². The molecule has 1 unspecified atom stereocenters. The molecule has 2 amide bonds.